The summed E-state index contributed by atoms with van der Waals surface area (Å²) >= 11 is 0. The average molecular weight is 365 g/mol. The maximum atomic E-state index is 12.6. The molecule has 3 rings (SSSR count). The van der Waals surface area contributed by atoms with Gasteiger partial charge in [0.15, 0.2) is 11.5 Å². The van der Waals surface area contributed by atoms with Crippen LogP contribution in [0.4, 0.5) is 24.9 Å². The van der Waals surface area contributed by atoms with Crippen LogP contribution in [0, 0.1) is 0 Å². The molecule has 9 heteroatoms. The minimum atomic E-state index is -4.39. The minimum absolute atomic E-state index is 0.0505. The highest BCUT2D eigenvalue weighted by molar-refractivity contribution is 5.61. The van der Waals surface area contributed by atoms with E-state index in [4.69, 9.17) is 13.9 Å². The van der Waals surface area contributed by atoms with Gasteiger partial charge in [0.2, 0.25) is 5.89 Å². The topological polar surface area (TPSA) is 69.4 Å². The average Bonchev–Trinajstić information content (AvgIpc) is 3.09. The fraction of sp³-hybridized carbons (Fsp3) is 0.176. The van der Waals surface area contributed by atoms with Gasteiger partial charge in [-0.15, -0.1) is 5.10 Å². The molecule has 0 unspecified atom stereocenters. The van der Waals surface area contributed by atoms with Crippen molar-refractivity contribution in [3.05, 3.63) is 48.0 Å². The van der Waals surface area contributed by atoms with E-state index < -0.39 is 11.7 Å². The summed E-state index contributed by atoms with van der Waals surface area (Å²) in [5.74, 6) is 1.28. The number of rotatable bonds is 5. The molecule has 0 aliphatic carbocycles. The number of anilines is 2. The first-order valence-corrected chi connectivity index (χ1v) is 7.41. The number of nitrogens with zero attached hydrogens (tertiary/aromatic N) is 2. The van der Waals surface area contributed by atoms with Crippen molar-refractivity contribution in [2.75, 3.05) is 19.5 Å². The van der Waals surface area contributed by atoms with Crippen LogP contribution in [0.25, 0.3) is 11.5 Å². The molecule has 0 bridgehead atoms. The van der Waals surface area contributed by atoms with E-state index in [0.29, 0.717) is 22.7 Å². The molecule has 0 saturated carbocycles. The predicted octanol–water partition coefficient (Wildman–Crippen LogP) is 4.52. The van der Waals surface area contributed by atoms with Crippen LogP contribution in [0.5, 0.6) is 11.5 Å². The lowest BCUT2D eigenvalue weighted by molar-refractivity contribution is -0.137. The van der Waals surface area contributed by atoms with E-state index in [1.54, 1.807) is 18.2 Å². The third-order valence-electron chi connectivity index (χ3n) is 3.52. The number of alkyl halides is 3. The second-order valence-corrected chi connectivity index (χ2v) is 5.18. The van der Waals surface area contributed by atoms with Gasteiger partial charge in [-0.2, -0.15) is 13.2 Å². The molecule has 1 aromatic heterocycles. The predicted molar refractivity (Wildman–Crippen MR) is 87.6 cm³/mol. The molecule has 26 heavy (non-hydrogen) atoms. The second kappa shape index (κ2) is 6.95. The van der Waals surface area contributed by atoms with Crippen molar-refractivity contribution in [2.45, 2.75) is 6.18 Å². The number of nitrogens with one attached hydrogen (secondary N) is 1. The first-order chi connectivity index (χ1) is 12.4. The number of benzene rings is 2. The van der Waals surface area contributed by atoms with Crippen LogP contribution in [0.2, 0.25) is 0 Å². The molecule has 0 amide bonds. The number of hydrogen-bond acceptors (Lipinski definition) is 6. The molecule has 0 fully saturated rings. The first kappa shape index (κ1) is 17.6. The molecule has 0 atom stereocenters. The number of hydrogen-bond donors (Lipinski definition) is 1. The van der Waals surface area contributed by atoms with Crippen LogP contribution in [0.15, 0.2) is 46.9 Å². The van der Waals surface area contributed by atoms with Crippen LogP contribution >= 0.6 is 0 Å². The Morgan fingerprint density at radius 2 is 1.62 bits per heavy atom. The van der Waals surface area contributed by atoms with Crippen molar-refractivity contribution in [3.63, 3.8) is 0 Å². The summed E-state index contributed by atoms with van der Waals surface area (Å²) in [6.07, 6.45) is -4.39. The Kier molecular flexibility index (Phi) is 4.70. The monoisotopic (exact) mass is 365 g/mol. The maximum Gasteiger partial charge on any atom is 0.416 e. The third kappa shape index (κ3) is 3.71. The Balaban J connectivity index is 1.78. The van der Waals surface area contributed by atoms with Gasteiger partial charge in [-0.25, -0.2) is 0 Å². The van der Waals surface area contributed by atoms with E-state index >= 15 is 0 Å². The van der Waals surface area contributed by atoms with Crippen LogP contribution in [-0.2, 0) is 6.18 Å². The van der Waals surface area contributed by atoms with Gasteiger partial charge in [0, 0.05) is 11.3 Å². The SMILES string of the molecule is COc1ccc(-c2nnc(Nc3ccc(C(F)(F)F)cc3)o2)cc1OC. The van der Waals surface area contributed by atoms with E-state index in [1.165, 1.54) is 26.4 Å². The molecular weight excluding hydrogens is 351 g/mol. The number of aromatic nitrogens is 2. The van der Waals surface area contributed by atoms with Crippen molar-refractivity contribution in [3.8, 4) is 23.0 Å². The molecule has 0 aliphatic rings. The molecule has 0 saturated heterocycles. The van der Waals surface area contributed by atoms with E-state index in [-0.39, 0.29) is 11.9 Å². The summed E-state index contributed by atoms with van der Waals surface area (Å²) in [6, 6.07) is 9.63. The number of halogens is 3. The Morgan fingerprint density at radius 3 is 2.23 bits per heavy atom. The van der Waals surface area contributed by atoms with Crippen LogP contribution in [0.1, 0.15) is 5.56 Å². The molecule has 1 N–H and O–H groups in total. The third-order valence-corrected chi connectivity index (χ3v) is 3.52. The van der Waals surface area contributed by atoms with Gasteiger partial charge in [-0.05, 0) is 42.5 Å². The molecule has 0 aliphatic heterocycles. The standard InChI is InChI=1S/C17H14F3N3O3/c1-24-13-8-3-10(9-14(13)25-2)15-22-23-16(26-15)21-12-6-4-11(5-7-12)17(18,19)20/h3-9H,1-2H3,(H,21,23). The quantitative estimate of drug-likeness (QED) is 0.717. The summed E-state index contributed by atoms with van der Waals surface area (Å²) in [5.41, 5.74) is 0.260. The zero-order chi connectivity index (χ0) is 18.7. The van der Waals surface area contributed by atoms with Gasteiger partial charge in [-0.1, -0.05) is 5.10 Å². The highest BCUT2D eigenvalue weighted by Gasteiger charge is 2.30. The highest BCUT2D eigenvalue weighted by atomic mass is 19.4. The summed E-state index contributed by atoms with van der Waals surface area (Å²) in [5, 5.41) is 10.5. The Hall–Kier alpha value is -3.23. The Morgan fingerprint density at radius 1 is 0.923 bits per heavy atom. The van der Waals surface area contributed by atoms with Gasteiger partial charge >= 0.3 is 12.2 Å². The first-order valence-electron chi connectivity index (χ1n) is 7.41. The Labute approximate surface area is 146 Å². The van der Waals surface area contributed by atoms with Crippen molar-refractivity contribution in [2.24, 2.45) is 0 Å². The molecule has 6 nitrogen and oxygen atoms in total. The van der Waals surface area contributed by atoms with Gasteiger partial charge in [0.25, 0.3) is 0 Å². The molecule has 0 spiro atoms. The van der Waals surface area contributed by atoms with E-state index in [1.807, 2.05) is 0 Å². The Bertz CT molecular complexity index is 892. The lowest BCUT2D eigenvalue weighted by Gasteiger charge is -2.08. The normalized spacial score (nSPS) is 11.3. The fourth-order valence-corrected chi connectivity index (χ4v) is 2.23. The summed E-state index contributed by atoms with van der Waals surface area (Å²) in [7, 11) is 3.03. The van der Waals surface area contributed by atoms with Crippen LogP contribution in [0.3, 0.4) is 0 Å². The van der Waals surface area contributed by atoms with E-state index in [2.05, 4.69) is 15.5 Å². The number of ether oxygens (including phenoxy) is 2. The molecule has 0 radical (unpaired) electrons. The van der Waals surface area contributed by atoms with Crippen LogP contribution in [-0.4, -0.2) is 24.4 Å². The fourth-order valence-electron chi connectivity index (χ4n) is 2.23. The molecule has 2 aromatic carbocycles. The van der Waals surface area contributed by atoms with Gasteiger partial charge in [-0.3, -0.25) is 0 Å². The summed E-state index contributed by atoms with van der Waals surface area (Å²) in [4.78, 5) is 0. The maximum absolute atomic E-state index is 12.6. The van der Waals surface area contributed by atoms with E-state index in [0.717, 1.165) is 12.1 Å². The van der Waals surface area contributed by atoms with Gasteiger partial charge in [0.05, 0.1) is 19.8 Å². The van der Waals surface area contributed by atoms with Crippen molar-refractivity contribution in [1.29, 1.82) is 0 Å². The minimum Gasteiger partial charge on any atom is -0.493 e. The second-order valence-electron chi connectivity index (χ2n) is 5.18. The largest absolute Gasteiger partial charge is 0.493 e. The smallest absolute Gasteiger partial charge is 0.416 e. The van der Waals surface area contributed by atoms with Gasteiger partial charge < -0.3 is 19.2 Å². The van der Waals surface area contributed by atoms with E-state index in [9.17, 15) is 13.2 Å². The molecule has 136 valence electrons. The van der Waals surface area contributed by atoms with Crippen LogP contribution < -0.4 is 14.8 Å². The lowest BCUT2D eigenvalue weighted by atomic mass is 10.2. The summed E-state index contributed by atoms with van der Waals surface area (Å²) in [6.45, 7) is 0. The van der Waals surface area contributed by atoms with Crippen molar-refractivity contribution < 1.29 is 27.1 Å². The zero-order valence-electron chi connectivity index (χ0n) is 13.8. The molecule has 3 aromatic rings. The zero-order valence-corrected chi connectivity index (χ0v) is 13.8. The van der Waals surface area contributed by atoms with Gasteiger partial charge in [0.1, 0.15) is 0 Å². The highest BCUT2D eigenvalue weighted by Crippen LogP contribution is 2.33. The molecular formula is C17H14F3N3O3. The molecule has 1 heterocycles. The summed E-state index contributed by atoms with van der Waals surface area (Å²) < 4.78 is 53.6. The van der Waals surface area contributed by atoms with Crippen molar-refractivity contribution >= 4 is 11.7 Å². The lowest BCUT2D eigenvalue weighted by Crippen LogP contribution is -2.04. The number of methoxy groups -OCH3 is 2. The van der Waals surface area contributed by atoms with Crippen molar-refractivity contribution in [1.82, 2.24) is 10.2 Å².